The van der Waals surface area contributed by atoms with Crippen molar-refractivity contribution in [3.05, 3.63) is 22.6 Å². The molecule has 0 radical (unpaired) electrons. The van der Waals surface area contributed by atoms with Crippen LogP contribution in [-0.2, 0) is 13.5 Å². The summed E-state index contributed by atoms with van der Waals surface area (Å²) in [4.78, 5) is 13.3. The number of aromatic nitrogens is 2. The van der Waals surface area contributed by atoms with Crippen molar-refractivity contribution < 1.29 is 14.3 Å². The number of alkyl halides is 1. The van der Waals surface area contributed by atoms with E-state index in [2.05, 4.69) is 5.10 Å². The molecule has 2 aromatic heterocycles. The number of carboxylic acid groups (broad SMARTS) is 1. The van der Waals surface area contributed by atoms with Gasteiger partial charge in [-0.2, -0.15) is 5.10 Å². The molecule has 2 rings (SSSR count). The van der Waals surface area contributed by atoms with Crippen LogP contribution in [0.4, 0.5) is 4.39 Å². The third-order valence-electron chi connectivity index (χ3n) is 2.85. The van der Waals surface area contributed by atoms with Crippen molar-refractivity contribution in [1.29, 1.82) is 0 Å². The van der Waals surface area contributed by atoms with Gasteiger partial charge in [0.15, 0.2) is 0 Å². The molecule has 0 aliphatic carbocycles. The molecule has 0 saturated heterocycles. The molecule has 0 aromatic carbocycles. The molecule has 0 spiro atoms. The molecule has 108 valence electrons. The van der Waals surface area contributed by atoms with E-state index in [4.69, 9.17) is 0 Å². The summed E-state index contributed by atoms with van der Waals surface area (Å²) in [6.45, 7) is -0.339. The Morgan fingerprint density at radius 2 is 2.30 bits per heavy atom. The lowest BCUT2D eigenvalue weighted by Gasteiger charge is -1.98. The summed E-state index contributed by atoms with van der Waals surface area (Å²) < 4.78 is 13.8. The van der Waals surface area contributed by atoms with Crippen LogP contribution in [0.3, 0.4) is 0 Å². The smallest absolute Gasteiger partial charge is 0.340 e. The quantitative estimate of drug-likeness (QED) is 0.830. The summed E-state index contributed by atoms with van der Waals surface area (Å²) in [5, 5.41) is 14.3. The topological polar surface area (TPSA) is 55.1 Å². The summed E-state index contributed by atoms with van der Waals surface area (Å²) >= 11 is 2.84. The Kier molecular flexibility index (Phi) is 4.82. The number of hydrogen-bond donors (Lipinski definition) is 1. The summed E-state index contributed by atoms with van der Waals surface area (Å²) in [6, 6.07) is 3.77. The van der Waals surface area contributed by atoms with Crippen molar-refractivity contribution in [2.75, 3.05) is 12.9 Å². The van der Waals surface area contributed by atoms with Gasteiger partial charge in [0.05, 0.1) is 11.6 Å². The lowest BCUT2D eigenvalue weighted by Crippen LogP contribution is -1.99. The molecular formula is C13H15FN2O2S2. The Hall–Kier alpha value is -1.34. The molecule has 2 heterocycles. The maximum absolute atomic E-state index is 12.2. The summed E-state index contributed by atoms with van der Waals surface area (Å²) in [5.74, 6) is -0.976. The number of carbonyl (C=O) groups is 1. The van der Waals surface area contributed by atoms with E-state index >= 15 is 0 Å². The number of hydrogen-bond acceptors (Lipinski definition) is 4. The Balaban J connectivity index is 2.42. The number of thiophene rings is 1. The van der Waals surface area contributed by atoms with Crippen molar-refractivity contribution in [2.45, 2.75) is 17.9 Å². The SMILES string of the molecule is CSc1c(C(=O)O)c(-c2ccc(CCCF)s2)nn1C. The number of rotatable bonds is 6. The zero-order valence-corrected chi connectivity index (χ0v) is 12.9. The Labute approximate surface area is 124 Å². The number of nitrogens with zero attached hydrogens (tertiary/aromatic N) is 2. The largest absolute Gasteiger partial charge is 0.478 e. The minimum atomic E-state index is -0.976. The first-order valence-corrected chi connectivity index (χ1v) is 8.12. The second kappa shape index (κ2) is 6.41. The maximum Gasteiger partial charge on any atom is 0.340 e. The first-order valence-electron chi connectivity index (χ1n) is 6.07. The van der Waals surface area contributed by atoms with Crippen molar-refractivity contribution in [1.82, 2.24) is 9.78 Å². The Morgan fingerprint density at radius 1 is 1.55 bits per heavy atom. The van der Waals surface area contributed by atoms with E-state index < -0.39 is 5.97 Å². The van der Waals surface area contributed by atoms with Crippen molar-refractivity contribution in [3.63, 3.8) is 0 Å². The summed E-state index contributed by atoms with van der Waals surface area (Å²) in [7, 11) is 1.74. The monoisotopic (exact) mass is 314 g/mol. The van der Waals surface area contributed by atoms with Crippen LogP contribution >= 0.6 is 23.1 Å². The fourth-order valence-electron chi connectivity index (χ4n) is 1.99. The van der Waals surface area contributed by atoms with Gasteiger partial charge in [-0.05, 0) is 31.2 Å². The summed E-state index contributed by atoms with van der Waals surface area (Å²) in [5.41, 5.74) is 0.722. The highest BCUT2D eigenvalue weighted by atomic mass is 32.2. The van der Waals surface area contributed by atoms with E-state index in [1.54, 1.807) is 11.7 Å². The van der Waals surface area contributed by atoms with Gasteiger partial charge in [0.1, 0.15) is 16.3 Å². The number of aromatic carboxylic acids is 1. The highest BCUT2D eigenvalue weighted by molar-refractivity contribution is 7.98. The van der Waals surface area contributed by atoms with Crippen molar-refractivity contribution in [2.24, 2.45) is 7.05 Å². The number of aryl methyl sites for hydroxylation is 2. The molecule has 0 aliphatic heterocycles. The first-order chi connectivity index (χ1) is 9.58. The van der Waals surface area contributed by atoms with Gasteiger partial charge in [0.2, 0.25) is 0 Å². The van der Waals surface area contributed by atoms with Gasteiger partial charge in [-0.15, -0.1) is 23.1 Å². The highest BCUT2D eigenvalue weighted by Gasteiger charge is 2.23. The average molecular weight is 314 g/mol. The third kappa shape index (κ3) is 2.88. The zero-order chi connectivity index (χ0) is 14.7. The van der Waals surface area contributed by atoms with Crippen LogP contribution in [0.1, 0.15) is 21.7 Å². The van der Waals surface area contributed by atoms with E-state index in [1.807, 2.05) is 18.4 Å². The molecule has 0 aliphatic rings. The van der Waals surface area contributed by atoms with Gasteiger partial charge in [0, 0.05) is 11.9 Å². The molecule has 0 atom stereocenters. The molecule has 0 fully saturated rings. The minimum Gasteiger partial charge on any atom is -0.478 e. The van der Waals surface area contributed by atoms with Crippen LogP contribution in [0.25, 0.3) is 10.6 Å². The van der Waals surface area contributed by atoms with E-state index in [1.165, 1.54) is 23.1 Å². The molecule has 7 heteroatoms. The van der Waals surface area contributed by atoms with Crippen LogP contribution in [0, 0.1) is 0 Å². The molecule has 20 heavy (non-hydrogen) atoms. The van der Waals surface area contributed by atoms with Gasteiger partial charge in [0.25, 0.3) is 0 Å². The molecule has 0 saturated carbocycles. The molecule has 1 N–H and O–H groups in total. The summed E-state index contributed by atoms with van der Waals surface area (Å²) in [6.07, 6.45) is 2.99. The molecular weight excluding hydrogens is 299 g/mol. The lowest BCUT2D eigenvalue weighted by atomic mass is 10.2. The van der Waals surface area contributed by atoms with E-state index in [9.17, 15) is 14.3 Å². The van der Waals surface area contributed by atoms with Crippen LogP contribution < -0.4 is 0 Å². The highest BCUT2D eigenvalue weighted by Crippen LogP contribution is 2.34. The van der Waals surface area contributed by atoms with E-state index in [0.29, 0.717) is 23.6 Å². The minimum absolute atomic E-state index is 0.235. The second-order valence-corrected chi connectivity index (χ2v) is 6.18. The Bertz CT molecular complexity index is 622. The standard InChI is InChI=1S/C13H15FN2O2S2/c1-16-12(19-2)10(13(17)18)11(15-16)9-6-5-8(20-9)4-3-7-14/h5-6H,3-4,7H2,1-2H3,(H,17,18). The van der Waals surface area contributed by atoms with Crippen LogP contribution in [0.5, 0.6) is 0 Å². The van der Waals surface area contributed by atoms with Crippen molar-refractivity contribution in [3.8, 4) is 10.6 Å². The second-order valence-electron chi connectivity index (χ2n) is 4.22. The number of halogens is 1. The first kappa shape index (κ1) is 15.1. The third-order valence-corrected chi connectivity index (χ3v) is 4.86. The van der Waals surface area contributed by atoms with Gasteiger partial charge in [-0.3, -0.25) is 9.07 Å². The maximum atomic E-state index is 12.2. The van der Waals surface area contributed by atoms with Gasteiger partial charge in [-0.1, -0.05) is 0 Å². The van der Waals surface area contributed by atoms with Crippen molar-refractivity contribution >= 4 is 29.1 Å². The van der Waals surface area contributed by atoms with E-state index in [0.717, 1.165) is 9.75 Å². The molecule has 0 amide bonds. The molecule has 2 aromatic rings. The van der Waals surface area contributed by atoms with Crippen LogP contribution in [0.2, 0.25) is 0 Å². The normalized spacial score (nSPS) is 10.9. The average Bonchev–Trinajstić information content (AvgIpc) is 2.99. The number of carboxylic acids is 1. The fourth-order valence-corrected chi connectivity index (χ4v) is 3.72. The Morgan fingerprint density at radius 3 is 2.90 bits per heavy atom. The molecule has 0 bridgehead atoms. The van der Waals surface area contributed by atoms with Gasteiger partial charge < -0.3 is 5.11 Å². The lowest BCUT2D eigenvalue weighted by molar-refractivity contribution is 0.0693. The van der Waals surface area contributed by atoms with Gasteiger partial charge >= 0.3 is 5.97 Å². The van der Waals surface area contributed by atoms with E-state index in [-0.39, 0.29) is 12.2 Å². The van der Waals surface area contributed by atoms with Crippen LogP contribution in [-0.4, -0.2) is 33.8 Å². The van der Waals surface area contributed by atoms with Gasteiger partial charge in [-0.25, -0.2) is 4.79 Å². The fraction of sp³-hybridized carbons (Fsp3) is 0.385. The predicted octanol–water partition coefficient (Wildman–Crippen LogP) is 3.47. The number of thioether (sulfide) groups is 1. The predicted molar refractivity (Wildman–Crippen MR) is 79.6 cm³/mol. The zero-order valence-electron chi connectivity index (χ0n) is 11.2. The molecule has 4 nitrogen and oxygen atoms in total. The van der Waals surface area contributed by atoms with Crippen LogP contribution in [0.15, 0.2) is 17.2 Å². The molecule has 0 unspecified atom stereocenters.